The fourth-order valence-corrected chi connectivity index (χ4v) is 10.7. The fourth-order valence-electron chi connectivity index (χ4n) is 10.2. The SMILES string of the molecule is CC(=O)Nc1ccc2c(OC(C)=O)cc3c(c2c1)C(CCl)CN3C(=O)C12CC3(C(=O)N4CC(CCl)c5c4cc(OC(C)=O)c4ccccc54)CC31C2. The molecule has 1 N–H and O–H groups in total. The number of fused-ring (bicyclic) bond motifs is 6. The van der Waals surface area contributed by atoms with Gasteiger partial charge < -0.3 is 24.6 Å². The quantitative estimate of drug-likeness (QED) is 0.123. The van der Waals surface area contributed by atoms with E-state index >= 15 is 0 Å². The Bertz CT molecular complexity index is 2350. The minimum atomic E-state index is -0.670. The lowest BCUT2D eigenvalue weighted by Gasteiger charge is -2.37. The molecule has 10 nitrogen and oxygen atoms in total. The fraction of sp³-hybridized carbons (Fsp3) is 0.375. The molecular weight excluding hydrogens is 705 g/mol. The number of ether oxygens (including phenoxy) is 2. The Labute approximate surface area is 309 Å². The summed E-state index contributed by atoms with van der Waals surface area (Å²) >= 11 is 13.1. The zero-order chi connectivity index (χ0) is 36.5. The first-order valence-electron chi connectivity index (χ1n) is 17.5. The minimum absolute atomic E-state index is 0.0135. The number of amides is 3. The van der Waals surface area contributed by atoms with Gasteiger partial charge in [0, 0.05) is 91.5 Å². The van der Waals surface area contributed by atoms with Crippen molar-refractivity contribution in [3.63, 3.8) is 0 Å². The molecule has 0 aromatic heterocycles. The molecule has 5 unspecified atom stereocenters. The summed E-state index contributed by atoms with van der Waals surface area (Å²) in [5.74, 6) is -0.240. The van der Waals surface area contributed by atoms with Crippen molar-refractivity contribution in [2.75, 3.05) is 40.0 Å². The topological polar surface area (TPSA) is 122 Å². The molecule has 4 aromatic rings. The molecule has 5 atom stereocenters. The average molecular weight is 741 g/mol. The zero-order valence-electron chi connectivity index (χ0n) is 28.8. The van der Waals surface area contributed by atoms with Gasteiger partial charge in [-0.1, -0.05) is 24.3 Å². The van der Waals surface area contributed by atoms with Crippen molar-refractivity contribution in [3.8, 4) is 11.5 Å². The normalized spacial score (nSPS) is 27.2. The number of carbonyl (C=O) groups excluding carboxylic acids is 5. The first kappa shape index (κ1) is 33.2. The molecule has 3 aliphatic carbocycles. The lowest BCUT2D eigenvalue weighted by atomic mass is 9.72. The lowest BCUT2D eigenvalue weighted by Crippen LogP contribution is -2.49. The van der Waals surface area contributed by atoms with Crippen molar-refractivity contribution < 1.29 is 33.4 Å². The van der Waals surface area contributed by atoms with Crippen LogP contribution < -0.4 is 24.6 Å². The average Bonchev–Trinajstić information content (AvgIpc) is 3.62. The van der Waals surface area contributed by atoms with Gasteiger partial charge in [0.1, 0.15) is 11.5 Å². The van der Waals surface area contributed by atoms with Crippen molar-refractivity contribution in [2.24, 2.45) is 16.2 Å². The van der Waals surface area contributed by atoms with E-state index in [-0.39, 0.29) is 35.4 Å². The molecule has 3 saturated carbocycles. The van der Waals surface area contributed by atoms with E-state index in [1.54, 1.807) is 29.2 Å². The molecule has 5 aliphatic rings. The number of rotatable bonds is 7. The van der Waals surface area contributed by atoms with E-state index in [2.05, 4.69) is 5.32 Å². The van der Waals surface area contributed by atoms with Gasteiger partial charge in [-0.25, -0.2) is 0 Å². The van der Waals surface area contributed by atoms with Gasteiger partial charge in [0.25, 0.3) is 0 Å². The number of carbonyl (C=O) groups is 5. The van der Waals surface area contributed by atoms with Crippen molar-refractivity contribution in [3.05, 3.63) is 65.7 Å². The standard InChI is InChI=1S/C40H35Cl2N3O7/c1-20(46)43-25-8-9-27-29(10-25)35-24(14-42)16-45(31(35)12-33(27)52-22(3)48)37(50)39-17-38(18-40(38,39)19-39)36(49)44-15-23(13-41)34-28-7-5-4-6-26(28)32(11-30(34)44)51-21(2)47/h4-12,23-24H,13-19H2,1-3H3,(H,43,46). The predicted molar refractivity (Wildman–Crippen MR) is 198 cm³/mol. The van der Waals surface area contributed by atoms with Gasteiger partial charge in [0.15, 0.2) is 0 Å². The van der Waals surface area contributed by atoms with Crippen LogP contribution in [0.25, 0.3) is 21.5 Å². The van der Waals surface area contributed by atoms with Gasteiger partial charge in [0.2, 0.25) is 17.7 Å². The number of esters is 2. The molecule has 12 heteroatoms. The summed E-state index contributed by atoms with van der Waals surface area (Å²) in [6.07, 6.45) is 1.69. The van der Waals surface area contributed by atoms with E-state index in [4.69, 9.17) is 32.7 Å². The predicted octanol–water partition coefficient (Wildman–Crippen LogP) is 7.01. The second kappa shape index (κ2) is 11.2. The summed E-state index contributed by atoms with van der Waals surface area (Å²) < 4.78 is 11.3. The number of hydrogen-bond acceptors (Lipinski definition) is 7. The summed E-state index contributed by atoms with van der Waals surface area (Å²) in [5, 5.41) is 5.93. The summed E-state index contributed by atoms with van der Waals surface area (Å²) in [6, 6.07) is 16.6. The van der Waals surface area contributed by atoms with Crippen LogP contribution in [0.1, 0.15) is 63.0 Å². The largest absolute Gasteiger partial charge is 0.426 e. The number of halogens is 2. The van der Waals surface area contributed by atoms with Crippen LogP contribution in [-0.2, 0) is 24.0 Å². The van der Waals surface area contributed by atoms with Crippen LogP contribution in [0.15, 0.2) is 54.6 Å². The Kier molecular flexibility index (Phi) is 7.13. The van der Waals surface area contributed by atoms with E-state index in [1.165, 1.54) is 20.8 Å². The van der Waals surface area contributed by atoms with Gasteiger partial charge in [-0.05, 0) is 59.4 Å². The van der Waals surface area contributed by atoms with Crippen LogP contribution in [0, 0.1) is 16.2 Å². The number of hydrogen-bond donors (Lipinski definition) is 1. The van der Waals surface area contributed by atoms with Gasteiger partial charge in [-0.15, -0.1) is 23.2 Å². The Hall–Kier alpha value is -4.67. The molecule has 0 bridgehead atoms. The molecule has 0 radical (unpaired) electrons. The highest BCUT2D eigenvalue weighted by Crippen LogP contribution is 3.01. The molecule has 4 aromatic carbocycles. The van der Waals surface area contributed by atoms with Crippen molar-refractivity contribution in [1.29, 1.82) is 0 Å². The number of benzene rings is 4. The van der Waals surface area contributed by atoms with Gasteiger partial charge in [0.05, 0.1) is 22.2 Å². The summed E-state index contributed by atoms with van der Waals surface area (Å²) in [7, 11) is 0. The Balaban J connectivity index is 1.05. The highest BCUT2D eigenvalue weighted by Gasteiger charge is 3.01. The minimum Gasteiger partial charge on any atom is -0.426 e. The zero-order valence-corrected chi connectivity index (χ0v) is 30.3. The van der Waals surface area contributed by atoms with Crippen molar-refractivity contribution in [1.82, 2.24) is 0 Å². The van der Waals surface area contributed by atoms with E-state index < -0.39 is 28.2 Å². The third-order valence-corrected chi connectivity index (χ3v) is 13.0. The number of nitrogens with zero attached hydrogens (tertiary/aromatic N) is 2. The van der Waals surface area contributed by atoms with Crippen LogP contribution in [0.2, 0.25) is 0 Å². The summed E-state index contributed by atoms with van der Waals surface area (Å²) in [6.45, 7) is 4.87. The van der Waals surface area contributed by atoms with Gasteiger partial charge in [-0.2, -0.15) is 0 Å². The number of anilines is 3. The second-order valence-electron chi connectivity index (χ2n) is 15.1. The van der Waals surface area contributed by atoms with Crippen molar-refractivity contribution in [2.45, 2.75) is 51.9 Å². The molecule has 9 rings (SSSR count). The third kappa shape index (κ3) is 4.34. The highest BCUT2D eigenvalue weighted by molar-refractivity contribution is 6.20. The number of alkyl halides is 2. The first-order valence-corrected chi connectivity index (χ1v) is 18.5. The van der Waals surface area contributed by atoms with E-state index in [0.29, 0.717) is 72.2 Å². The first-order chi connectivity index (χ1) is 24.9. The highest BCUT2D eigenvalue weighted by atomic mass is 35.5. The lowest BCUT2D eigenvalue weighted by molar-refractivity contribution is -0.134. The molecule has 0 saturated heterocycles. The summed E-state index contributed by atoms with van der Waals surface area (Å²) in [5.41, 5.74) is 2.00. The maximum absolute atomic E-state index is 14.7. The van der Waals surface area contributed by atoms with Crippen LogP contribution >= 0.6 is 23.2 Å². The Morgan fingerprint density at radius 3 is 1.67 bits per heavy atom. The van der Waals surface area contributed by atoms with Crippen LogP contribution in [0.3, 0.4) is 0 Å². The summed E-state index contributed by atoms with van der Waals surface area (Å²) in [4.78, 5) is 69.1. The molecule has 2 heterocycles. The number of nitrogens with one attached hydrogen (secondary N) is 1. The Morgan fingerprint density at radius 1 is 0.692 bits per heavy atom. The molecule has 266 valence electrons. The van der Waals surface area contributed by atoms with Gasteiger partial charge in [-0.3, -0.25) is 24.0 Å². The molecule has 1 spiro atoms. The smallest absolute Gasteiger partial charge is 0.308 e. The van der Waals surface area contributed by atoms with Crippen LogP contribution in [0.4, 0.5) is 17.1 Å². The maximum Gasteiger partial charge on any atom is 0.308 e. The Morgan fingerprint density at radius 2 is 1.19 bits per heavy atom. The van der Waals surface area contributed by atoms with Crippen LogP contribution in [0.5, 0.6) is 11.5 Å². The van der Waals surface area contributed by atoms with Gasteiger partial charge >= 0.3 is 11.9 Å². The molecule has 52 heavy (non-hydrogen) atoms. The molecular formula is C40H35Cl2N3O7. The van der Waals surface area contributed by atoms with E-state index in [9.17, 15) is 24.0 Å². The maximum atomic E-state index is 14.7. The monoisotopic (exact) mass is 739 g/mol. The molecule has 3 fully saturated rings. The van der Waals surface area contributed by atoms with Crippen molar-refractivity contribution >= 4 is 91.5 Å². The molecule has 3 amide bonds. The second-order valence-corrected chi connectivity index (χ2v) is 15.7. The third-order valence-electron chi connectivity index (χ3n) is 12.3. The van der Waals surface area contributed by atoms with Crippen LogP contribution in [-0.4, -0.2) is 54.5 Å². The van der Waals surface area contributed by atoms with E-state index in [1.807, 2.05) is 35.2 Å². The van der Waals surface area contributed by atoms with E-state index in [0.717, 1.165) is 27.3 Å². The molecule has 2 aliphatic heterocycles.